The van der Waals surface area contributed by atoms with Crippen molar-refractivity contribution in [3.05, 3.63) is 81.6 Å². The first kappa shape index (κ1) is 25.4. The molecule has 0 amide bonds. The third-order valence-corrected chi connectivity index (χ3v) is 7.65. The molecule has 0 saturated heterocycles. The van der Waals surface area contributed by atoms with E-state index in [0.29, 0.717) is 40.5 Å². The molecule has 2 aromatic rings. The van der Waals surface area contributed by atoms with Crippen molar-refractivity contribution in [2.45, 2.75) is 71.1 Å². The lowest BCUT2D eigenvalue weighted by molar-refractivity contribution is -0.144. The van der Waals surface area contributed by atoms with E-state index in [1.54, 1.807) is 24.3 Å². The van der Waals surface area contributed by atoms with Crippen LogP contribution in [0.15, 0.2) is 59.9 Å². The molecule has 2 aliphatic carbocycles. The molecule has 4 nitrogen and oxygen atoms in total. The highest BCUT2D eigenvalue weighted by atomic mass is 35.5. The zero-order valence-electron chi connectivity index (χ0n) is 20.5. The Bertz CT molecular complexity index is 1120. The van der Waals surface area contributed by atoms with Gasteiger partial charge in [0.2, 0.25) is 5.78 Å². The number of hydrogen-bond donors (Lipinski definition) is 0. The Hall–Kier alpha value is -2.72. The minimum Gasteiger partial charge on any atom is -0.422 e. The average Bonchev–Trinajstić information content (AvgIpc) is 2.88. The topological polar surface area (TPSA) is 60.4 Å². The number of halogens is 1. The molecule has 5 heteroatoms. The van der Waals surface area contributed by atoms with Crippen LogP contribution in [-0.4, -0.2) is 17.5 Å². The van der Waals surface area contributed by atoms with Crippen LogP contribution in [-0.2, 0) is 9.53 Å². The summed E-state index contributed by atoms with van der Waals surface area (Å²) in [5.41, 5.74) is 2.36. The smallest absolute Gasteiger partial charge is 0.314 e. The molecule has 0 aliphatic heterocycles. The third kappa shape index (κ3) is 5.43. The number of Topliss-reactive ketones (excluding diaryl/α,β-unsaturated/α-hetero) is 2. The first-order valence-corrected chi connectivity index (χ1v) is 13.2. The van der Waals surface area contributed by atoms with E-state index in [2.05, 4.69) is 12.1 Å². The average molecular weight is 493 g/mol. The van der Waals surface area contributed by atoms with Gasteiger partial charge in [-0.1, -0.05) is 74.7 Å². The summed E-state index contributed by atoms with van der Waals surface area (Å²) in [5, 5.41) is 0.716. The Morgan fingerprint density at radius 3 is 1.97 bits per heavy atom. The number of benzene rings is 2. The molecule has 184 valence electrons. The maximum Gasteiger partial charge on any atom is 0.314 e. The Morgan fingerprint density at radius 2 is 1.40 bits per heavy atom. The summed E-state index contributed by atoms with van der Waals surface area (Å²) in [6.45, 7) is 4.07. The van der Waals surface area contributed by atoms with Crippen molar-refractivity contribution in [3.63, 3.8) is 0 Å². The summed E-state index contributed by atoms with van der Waals surface area (Å²) < 4.78 is 5.84. The molecule has 0 N–H and O–H groups in total. The van der Waals surface area contributed by atoms with Crippen LogP contribution in [0.2, 0.25) is 5.02 Å². The Kier molecular flexibility index (Phi) is 8.22. The molecule has 35 heavy (non-hydrogen) atoms. The van der Waals surface area contributed by atoms with Crippen molar-refractivity contribution in [3.8, 4) is 0 Å². The highest BCUT2D eigenvalue weighted by Gasteiger charge is 2.40. The van der Waals surface area contributed by atoms with Crippen LogP contribution in [0.3, 0.4) is 0 Å². The van der Waals surface area contributed by atoms with Gasteiger partial charge in [0.15, 0.2) is 11.5 Å². The van der Waals surface area contributed by atoms with Gasteiger partial charge in [0.1, 0.15) is 0 Å². The number of carbonyl (C=O) groups is 3. The first-order valence-electron chi connectivity index (χ1n) is 12.8. The van der Waals surface area contributed by atoms with E-state index in [0.717, 1.165) is 38.5 Å². The molecule has 4 rings (SSSR count). The number of esters is 1. The van der Waals surface area contributed by atoms with Gasteiger partial charge in [-0.25, -0.2) is 0 Å². The van der Waals surface area contributed by atoms with Gasteiger partial charge in [-0.2, -0.15) is 0 Å². The van der Waals surface area contributed by atoms with Crippen molar-refractivity contribution >= 4 is 29.1 Å². The van der Waals surface area contributed by atoms with Gasteiger partial charge in [0.25, 0.3) is 0 Å². The molecule has 2 aromatic carbocycles. The van der Waals surface area contributed by atoms with Crippen LogP contribution in [0.4, 0.5) is 0 Å². The van der Waals surface area contributed by atoms with Crippen LogP contribution >= 0.6 is 11.6 Å². The second kappa shape index (κ2) is 11.3. The molecule has 0 radical (unpaired) electrons. The lowest BCUT2D eigenvalue weighted by Gasteiger charge is -2.32. The standard InChI is InChI=1S/C30H33ClO4/c1-3-7-22(8-4-2)30(34)35-29-26(27(32)24-9-5-6-10-25(24)28(29)33)21-13-11-19(12-14-21)20-15-17-23(31)18-16-20/h5-6,9-10,15-19,21-22H,3-4,7-8,11-14H2,1-2H3. The molecule has 0 atom stereocenters. The third-order valence-electron chi connectivity index (χ3n) is 7.40. The zero-order chi connectivity index (χ0) is 24.9. The molecule has 1 saturated carbocycles. The lowest BCUT2D eigenvalue weighted by Crippen LogP contribution is -2.31. The maximum absolute atomic E-state index is 13.6. The summed E-state index contributed by atoms with van der Waals surface area (Å²) in [5.74, 6) is -0.949. The van der Waals surface area contributed by atoms with E-state index in [1.807, 2.05) is 26.0 Å². The molecule has 0 aromatic heterocycles. The zero-order valence-corrected chi connectivity index (χ0v) is 21.3. The predicted molar refractivity (Wildman–Crippen MR) is 138 cm³/mol. The van der Waals surface area contributed by atoms with Gasteiger partial charge in [0.05, 0.1) is 11.5 Å². The van der Waals surface area contributed by atoms with Crippen molar-refractivity contribution < 1.29 is 19.1 Å². The molecule has 0 heterocycles. The summed E-state index contributed by atoms with van der Waals surface area (Å²) in [4.78, 5) is 40.3. The van der Waals surface area contributed by atoms with Gasteiger partial charge in [-0.05, 0) is 68.1 Å². The van der Waals surface area contributed by atoms with E-state index < -0.39 is 5.97 Å². The summed E-state index contributed by atoms with van der Waals surface area (Å²) in [6, 6.07) is 14.8. The number of ether oxygens (including phenoxy) is 1. The molecule has 1 fully saturated rings. The number of ketones is 2. The SMILES string of the molecule is CCCC(CCC)C(=O)OC1=C(C2CCC(c3ccc(Cl)cc3)CC2)C(=O)c2ccccc2C1=O. The van der Waals surface area contributed by atoms with Crippen LogP contribution in [0, 0.1) is 11.8 Å². The highest BCUT2D eigenvalue weighted by molar-refractivity contribution is 6.30. The number of allylic oxidation sites excluding steroid dienone is 2. The summed E-state index contributed by atoms with van der Waals surface area (Å²) >= 11 is 6.05. The van der Waals surface area contributed by atoms with Crippen molar-refractivity contribution in [1.82, 2.24) is 0 Å². The Morgan fingerprint density at radius 1 is 0.857 bits per heavy atom. The molecule has 2 aliphatic rings. The van der Waals surface area contributed by atoms with Crippen molar-refractivity contribution in [2.75, 3.05) is 0 Å². The Balaban J connectivity index is 1.63. The second-order valence-corrected chi connectivity index (χ2v) is 10.2. The summed E-state index contributed by atoms with van der Waals surface area (Å²) in [6.07, 6.45) is 6.45. The van der Waals surface area contributed by atoms with Gasteiger partial charge in [-0.3, -0.25) is 14.4 Å². The van der Waals surface area contributed by atoms with Crippen molar-refractivity contribution in [2.24, 2.45) is 11.8 Å². The van der Waals surface area contributed by atoms with Crippen LogP contribution < -0.4 is 0 Å². The maximum atomic E-state index is 13.6. The molecule has 0 bridgehead atoms. The van der Waals surface area contributed by atoms with E-state index in [-0.39, 0.29) is 29.2 Å². The minimum absolute atomic E-state index is 0.0363. The van der Waals surface area contributed by atoms with Gasteiger partial charge in [0, 0.05) is 16.1 Å². The quantitative estimate of drug-likeness (QED) is 0.354. The Labute approximate surface area is 212 Å². The number of hydrogen-bond acceptors (Lipinski definition) is 4. The van der Waals surface area contributed by atoms with E-state index in [1.165, 1.54) is 5.56 Å². The lowest BCUT2D eigenvalue weighted by atomic mass is 9.72. The van der Waals surface area contributed by atoms with E-state index in [4.69, 9.17) is 16.3 Å². The van der Waals surface area contributed by atoms with E-state index in [9.17, 15) is 14.4 Å². The second-order valence-electron chi connectivity index (χ2n) is 9.74. The predicted octanol–water partition coefficient (Wildman–Crippen LogP) is 7.71. The fourth-order valence-corrected chi connectivity index (χ4v) is 5.68. The van der Waals surface area contributed by atoms with Crippen LogP contribution in [0.5, 0.6) is 0 Å². The molecule has 0 spiro atoms. The normalized spacial score (nSPS) is 20.2. The monoisotopic (exact) mass is 492 g/mol. The van der Waals surface area contributed by atoms with E-state index >= 15 is 0 Å². The molecular weight excluding hydrogens is 460 g/mol. The number of carbonyl (C=O) groups excluding carboxylic acids is 3. The number of rotatable bonds is 8. The van der Waals surface area contributed by atoms with Gasteiger partial charge < -0.3 is 4.74 Å². The molecule has 0 unspecified atom stereocenters. The molecular formula is C30H33ClO4. The van der Waals surface area contributed by atoms with Crippen LogP contribution in [0.25, 0.3) is 0 Å². The fraction of sp³-hybridized carbons (Fsp3) is 0.433. The number of fused-ring (bicyclic) bond motifs is 1. The minimum atomic E-state index is -0.392. The van der Waals surface area contributed by atoms with Gasteiger partial charge in [-0.15, -0.1) is 0 Å². The van der Waals surface area contributed by atoms with Gasteiger partial charge >= 0.3 is 5.97 Å². The summed E-state index contributed by atoms with van der Waals surface area (Å²) in [7, 11) is 0. The fourth-order valence-electron chi connectivity index (χ4n) is 5.56. The highest BCUT2D eigenvalue weighted by Crippen LogP contribution is 2.43. The first-order chi connectivity index (χ1) is 16.9. The van der Waals surface area contributed by atoms with Crippen LogP contribution in [0.1, 0.15) is 97.4 Å². The largest absolute Gasteiger partial charge is 0.422 e. The van der Waals surface area contributed by atoms with Crippen molar-refractivity contribution in [1.29, 1.82) is 0 Å².